The molecule has 1 fully saturated rings. The second-order valence-electron chi connectivity index (χ2n) is 5.04. The molecule has 1 saturated carbocycles. The average Bonchev–Trinajstić information content (AvgIpc) is 2.36. The third-order valence-electron chi connectivity index (χ3n) is 3.63. The Kier molecular flexibility index (Phi) is 3.83. The maximum absolute atomic E-state index is 12.2. The van der Waals surface area contributed by atoms with Crippen molar-refractivity contribution in [2.75, 3.05) is 7.11 Å². The first-order valence-electron chi connectivity index (χ1n) is 6.37. The first kappa shape index (κ1) is 14.2. The minimum atomic E-state index is -0.945. The van der Waals surface area contributed by atoms with Gasteiger partial charge in [-0.05, 0) is 37.5 Å². The summed E-state index contributed by atoms with van der Waals surface area (Å²) in [6, 6.07) is 4.35. The summed E-state index contributed by atoms with van der Waals surface area (Å²) in [6.07, 6.45) is 2.05. The fourth-order valence-corrected chi connectivity index (χ4v) is 2.37. The van der Waals surface area contributed by atoms with Gasteiger partial charge in [-0.1, -0.05) is 0 Å². The molecule has 0 bridgehead atoms. The van der Waals surface area contributed by atoms with Crippen LogP contribution in [0.1, 0.15) is 36.0 Å². The molecule has 1 aliphatic rings. The Hall–Kier alpha value is -2.24. The van der Waals surface area contributed by atoms with Crippen LogP contribution in [-0.2, 0) is 4.79 Å². The lowest BCUT2D eigenvalue weighted by molar-refractivity contribution is -0.139. The number of hydrogen-bond donors (Lipinski definition) is 3. The van der Waals surface area contributed by atoms with Crippen LogP contribution in [0, 0.1) is 0 Å². The first-order chi connectivity index (χ1) is 9.46. The van der Waals surface area contributed by atoms with Crippen molar-refractivity contribution in [2.45, 2.75) is 31.2 Å². The molecule has 0 heterocycles. The van der Waals surface area contributed by atoms with Gasteiger partial charge in [0.15, 0.2) is 0 Å². The smallest absolute Gasteiger partial charge is 0.305 e. The van der Waals surface area contributed by atoms with Gasteiger partial charge in [0.25, 0.3) is 5.91 Å². The second kappa shape index (κ2) is 5.40. The van der Waals surface area contributed by atoms with E-state index in [4.69, 9.17) is 9.84 Å². The maximum Gasteiger partial charge on any atom is 0.305 e. The second-order valence-corrected chi connectivity index (χ2v) is 5.04. The summed E-state index contributed by atoms with van der Waals surface area (Å²) in [7, 11) is 1.46. The molecule has 0 radical (unpaired) electrons. The van der Waals surface area contributed by atoms with E-state index >= 15 is 0 Å². The van der Waals surface area contributed by atoms with Crippen LogP contribution in [0.15, 0.2) is 18.2 Å². The maximum atomic E-state index is 12.2. The van der Waals surface area contributed by atoms with Crippen LogP contribution >= 0.6 is 0 Å². The minimum Gasteiger partial charge on any atom is -0.507 e. The number of aliphatic carboxylic acids is 1. The number of aromatic hydroxyl groups is 1. The first-order valence-corrected chi connectivity index (χ1v) is 6.37. The number of ether oxygens (including phenoxy) is 1. The summed E-state index contributed by atoms with van der Waals surface area (Å²) in [5.74, 6) is -1.14. The van der Waals surface area contributed by atoms with Gasteiger partial charge in [0, 0.05) is 0 Å². The van der Waals surface area contributed by atoms with Crippen molar-refractivity contribution in [1.29, 1.82) is 0 Å². The average molecular weight is 279 g/mol. The summed E-state index contributed by atoms with van der Waals surface area (Å²) < 4.78 is 5.01. The van der Waals surface area contributed by atoms with Gasteiger partial charge in [-0.15, -0.1) is 0 Å². The predicted octanol–water partition coefficient (Wildman–Crippen LogP) is 1.53. The van der Waals surface area contributed by atoms with Gasteiger partial charge in [-0.3, -0.25) is 9.59 Å². The number of phenols is 1. The van der Waals surface area contributed by atoms with Crippen molar-refractivity contribution in [2.24, 2.45) is 0 Å². The quantitative estimate of drug-likeness (QED) is 0.759. The highest BCUT2D eigenvalue weighted by molar-refractivity contribution is 5.98. The number of amides is 1. The molecule has 0 unspecified atom stereocenters. The minimum absolute atomic E-state index is 0.0843. The van der Waals surface area contributed by atoms with Crippen LogP contribution in [-0.4, -0.2) is 34.7 Å². The third kappa shape index (κ3) is 2.84. The van der Waals surface area contributed by atoms with Crippen molar-refractivity contribution < 1.29 is 24.5 Å². The van der Waals surface area contributed by atoms with Crippen molar-refractivity contribution in [3.63, 3.8) is 0 Å². The van der Waals surface area contributed by atoms with Gasteiger partial charge in [-0.2, -0.15) is 0 Å². The number of phenolic OH excluding ortho intramolecular Hbond substituents is 1. The Morgan fingerprint density at radius 2 is 2.10 bits per heavy atom. The Morgan fingerprint density at radius 3 is 2.60 bits per heavy atom. The molecule has 0 spiro atoms. The lowest BCUT2D eigenvalue weighted by atomic mass is 9.74. The Balaban J connectivity index is 2.17. The van der Waals surface area contributed by atoms with Crippen molar-refractivity contribution in [3.8, 4) is 11.5 Å². The number of nitrogens with one attached hydrogen (secondary N) is 1. The Morgan fingerprint density at radius 1 is 1.40 bits per heavy atom. The molecule has 6 heteroatoms. The molecular weight excluding hydrogens is 262 g/mol. The molecule has 20 heavy (non-hydrogen) atoms. The van der Waals surface area contributed by atoms with Gasteiger partial charge < -0.3 is 20.3 Å². The number of hydrogen-bond acceptors (Lipinski definition) is 4. The Bertz CT molecular complexity index is 536. The Labute approximate surface area is 116 Å². The number of carboxylic acids is 1. The molecule has 1 aromatic carbocycles. The van der Waals surface area contributed by atoms with E-state index in [0.29, 0.717) is 18.6 Å². The van der Waals surface area contributed by atoms with E-state index in [9.17, 15) is 14.7 Å². The normalized spacial score (nSPS) is 16.1. The number of carboxylic acid groups (broad SMARTS) is 1. The van der Waals surface area contributed by atoms with Crippen molar-refractivity contribution in [1.82, 2.24) is 5.32 Å². The zero-order chi connectivity index (χ0) is 14.8. The van der Waals surface area contributed by atoms with Crippen molar-refractivity contribution in [3.05, 3.63) is 23.8 Å². The van der Waals surface area contributed by atoms with E-state index < -0.39 is 17.4 Å². The SMILES string of the molecule is COc1ccc(O)c(C(=O)NC2(CC(=O)O)CCC2)c1. The number of benzene rings is 1. The van der Waals surface area contributed by atoms with E-state index in [1.807, 2.05) is 0 Å². The van der Waals surface area contributed by atoms with E-state index in [1.165, 1.54) is 19.2 Å². The fourth-order valence-electron chi connectivity index (χ4n) is 2.37. The van der Waals surface area contributed by atoms with Crippen LogP contribution < -0.4 is 10.1 Å². The van der Waals surface area contributed by atoms with Gasteiger partial charge in [0.1, 0.15) is 11.5 Å². The van der Waals surface area contributed by atoms with E-state index in [2.05, 4.69) is 5.32 Å². The number of methoxy groups -OCH3 is 1. The molecule has 1 aromatic rings. The highest BCUT2D eigenvalue weighted by Gasteiger charge is 2.40. The number of rotatable bonds is 5. The van der Waals surface area contributed by atoms with Gasteiger partial charge in [0.05, 0.1) is 24.6 Å². The molecule has 6 nitrogen and oxygen atoms in total. The molecule has 0 aromatic heterocycles. The molecule has 0 saturated heterocycles. The number of carbonyl (C=O) groups is 2. The highest BCUT2D eigenvalue weighted by Crippen LogP contribution is 2.35. The summed E-state index contributed by atoms with van der Waals surface area (Å²) in [6.45, 7) is 0. The largest absolute Gasteiger partial charge is 0.507 e. The summed E-state index contributed by atoms with van der Waals surface area (Å²) in [4.78, 5) is 23.1. The lowest BCUT2D eigenvalue weighted by Gasteiger charge is -2.41. The molecule has 2 rings (SSSR count). The predicted molar refractivity (Wildman–Crippen MR) is 71.0 cm³/mol. The summed E-state index contributed by atoms with van der Waals surface area (Å²) >= 11 is 0. The summed E-state index contributed by atoms with van der Waals surface area (Å²) in [5, 5.41) is 21.4. The van der Waals surface area contributed by atoms with Crippen LogP contribution in [0.25, 0.3) is 0 Å². The standard InChI is InChI=1S/C14H17NO5/c1-20-9-3-4-11(16)10(7-9)13(19)15-14(5-2-6-14)8-12(17)18/h3-4,7,16H,2,5-6,8H2,1H3,(H,15,19)(H,17,18). The topological polar surface area (TPSA) is 95.9 Å². The van der Waals surface area contributed by atoms with Gasteiger partial charge >= 0.3 is 5.97 Å². The molecule has 108 valence electrons. The van der Waals surface area contributed by atoms with E-state index in [-0.39, 0.29) is 17.7 Å². The van der Waals surface area contributed by atoms with Gasteiger partial charge in [0.2, 0.25) is 0 Å². The van der Waals surface area contributed by atoms with Crippen LogP contribution in [0.4, 0.5) is 0 Å². The highest BCUT2D eigenvalue weighted by atomic mass is 16.5. The van der Waals surface area contributed by atoms with Crippen molar-refractivity contribution >= 4 is 11.9 Å². The molecular formula is C14H17NO5. The molecule has 0 atom stereocenters. The third-order valence-corrected chi connectivity index (χ3v) is 3.63. The lowest BCUT2D eigenvalue weighted by Crippen LogP contribution is -2.54. The van der Waals surface area contributed by atoms with Crippen LogP contribution in [0.3, 0.4) is 0 Å². The van der Waals surface area contributed by atoms with Crippen LogP contribution in [0.5, 0.6) is 11.5 Å². The fraction of sp³-hybridized carbons (Fsp3) is 0.429. The molecule has 0 aliphatic heterocycles. The molecule has 1 aliphatic carbocycles. The number of carbonyl (C=O) groups excluding carboxylic acids is 1. The summed E-state index contributed by atoms with van der Waals surface area (Å²) in [5.41, 5.74) is -0.612. The van der Waals surface area contributed by atoms with Crippen LogP contribution in [0.2, 0.25) is 0 Å². The molecule has 1 amide bonds. The zero-order valence-electron chi connectivity index (χ0n) is 11.2. The molecule has 3 N–H and O–H groups in total. The van der Waals surface area contributed by atoms with Gasteiger partial charge in [-0.25, -0.2) is 0 Å². The van der Waals surface area contributed by atoms with E-state index in [1.54, 1.807) is 6.07 Å². The zero-order valence-corrected chi connectivity index (χ0v) is 11.2. The monoisotopic (exact) mass is 279 g/mol. The van der Waals surface area contributed by atoms with E-state index in [0.717, 1.165) is 6.42 Å².